The van der Waals surface area contributed by atoms with Crippen molar-refractivity contribution in [2.75, 3.05) is 0 Å². The Balaban J connectivity index is 4.05. The third kappa shape index (κ3) is 4.37. The van der Waals surface area contributed by atoms with Crippen molar-refractivity contribution in [3.8, 4) is 0 Å². The average Bonchev–Trinajstić information content (AvgIpc) is 1.82. The molecule has 0 aromatic heterocycles. The summed E-state index contributed by atoms with van der Waals surface area (Å²) in [6.07, 6.45) is 4.36. The quantitative estimate of drug-likeness (QED) is 0.512. The molecule has 0 N–H and O–H groups in total. The van der Waals surface area contributed by atoms with E-state index in [0.29, 0.717) is 5.92 Å². The lowest BCUT2D eigenvalue weighted by molar-refractivity contribution is 0.769. The molecule has 0 nitrogen and oxygen atoms in total. The van der Waals surface area contributed by atoms with Crippen LogP contribution in [0.3, 0.4) is 0 Å². The summed E-state index contributed by atoms with van der Waals surface area (Å²) in [6, 6.07) is 0. The minimum atomic E-state index is 0.676. The Labute approximate surface area is 64.6 Å². The molecule has 0 aliphatic carbocycles. The van der Waals surface area contributed by atoms with E-state index in [2.05, 4.69) is 46.8 Å². The van der Waals surface area contributed by atoms with Gasteiger partial charge in [0.2, 0.25) is 0 Å². The molecule has 0 aromatic carbocycles. The summed E-state index contributed by atoms with van der Waals surface area (Å²) in [5.41, 5.74) is 2.81. The minimum absolute atomic E-state index is 0.676. The first-order chi connectivity index (χ1) is 4.54. The first-order valence-corrected chi connectivity index (χ1v) is 3.85. The smallest absolute Gasteiger partial charge is 0.0260 e. The second kappa shape index (κ2) is 4.32. The van der Waals surface area contributed by atoms with Crippen LogP contribution in [0.1, 0.15) is 34.6 Å². The molecule has 0 saturated heterocycles. The van der Waals surface area contributed by atoms with Crippen molar-refractivity contribution in [2.45, 2.75) is 34.6 Å². The summed E-state index contributed by atoms with van der Waals surface area (Å²) >= 11 is 0. The van der Waals surface area contributed by atoms with Crippen LogP contribution in [0.2, 0.25) is 0 Å². The summed E-state index contributed by atoms with van der Waals surface area (Å²) in [7, 11) is 0. The molecule has 10 heavy (non-hydrogen) atoms. The van der Waals surface area contributed by atoms with Crippen molar-refractivity contribution in [1.29, 1.82) is 0 Å². The van der Waals surface area contributed by atoms with Gasteiger partial charge in [-0.15, -0.1) is 0 Å². The first kappa shape index (κ1) is 9.48. The highest BCUT2D eigenvalue weighted by molar-refractivity contribution is 5.15. The molecule has 0 saturated carbocycles. The molecular weight excluding hydrogens is 120 g/mol. The number of hydrogen-bond donors (Lipinski definition) is 0. The maximum Gasteiger partial charge on any atom is -0.0260 e. The zero-order chi connectivity index (χ0) is 8.15. The van der Waals surface area contributed by atoms with Crippen LogP contribution < -0.4 is 0 Å². The van der Waals surface area contributed by atoms with E-state index in [4.69, 9.17) is 0 Å². The Morgan fingerprint density at radius 1 is 1.00 bits per heavy atom. The molecule has 0 spiro atoms. The largest absolute Gasteiger partial charge is 0.0764 e. The molecule has 0 atom stereocenters. The fourth-order valence-corrected chi connectivity index (χ4v) is 0.491. The fraction of sp³-hybridized carbons (Fsp3) is 0.600. The Hall–Kier alpha value is -0.520. The number of hydrogen-bond acceptors (Lipinski definition) is 0. The molecule has 0 heterocycles. The van der Waals surface area contributed by atoms with E-state index in [9.17, 15) is 0 Å². The predicted octanol–water partition coefficient (Wildman–Crippen LogP) is 3.55. The maximum absolute atomic E-state index is 2.21. The van der Waals surface area contributed by atoms with Crippen LogP contribution >= 0.6 is 0 Å². The van der Waals surface area contributed by atoms with Crippen molar-refractivity contribution in [3.63, 3.8) is 0 Å². The van der Waals surface area contributed by atoms with Crippen LogP contribution in [0, 0.1) is 5.92 Å². The van der Waals surface area contributed by atoms with Crippen molar-refractivity contribution < 1.29 is 0 Å². The highest BCUT2D eigenvalue weighted by Gasteiger charge is 1.92. The van der Waals surface area contributed by atoms with E-state index in [-0.39, 0.29) is 0 Å². The van der Waals surface area contributed by atoms with E-state index in [1.165, 1.54) is 11.1 Å². The second-order valence-electron chi connectivity index (χ2n) is 3.31. The van der Waals surface area contributed by atoms with Crippen molar-refractivity contribution in [3.05, 3.63) is 23.3 Å². The normalized spacial score (nSPS) is 12.0. The maximum atomic E-state index is 2.21. The third-order valence-corrected chi connectivity index (χ3v) is 1.59. The summed E-state index contributed by atoms with van der Waals surface area (Å²) in [6.45, 7) is 10.8. The zero-order valence-electron chi connectivity index (χ0n) is 7.73. The number of allylic oxidation sites excluding steroid dienone is 4. The Morgan fingerprint density at radius 2 is 1.50 bits per heavy atom. The predicted molar refractivity (Wildman–Crippen MR) is 48.0 cm³/mol. The first-order valence-electron chi connectivity index (χ1n) is 3.85. The van der Waals surface area contributed by atoms with Crippen LogP contribution in [-0.2, 0) is 0 Å². The molecular formula is C10H18. The summed E-state index contributed by atoms with van der Waals surface area (Å²) in [5.74, 6) is 0.676. The van der Waals surface area contributed by atoms with Crippen molar-refractivity contribution >= 4 is 0 Å². The molecule has 0 bridgehead atoms. The van der Waals surface area contributed by atoms with E-state index in [1.54, 1.807) is 0 Å². The van der Waals surface area contributed by atoms with Gasteiger partial charge >= 0.3 is 0 Å². The molecule has 0 unspecified atom stereocenters. The Morgan fingerprint density at radius 3 is 1.80 bits per heavy atom. The van der Waals surface area contributed by atoms with Crippen LogP contribution in [0.5, 0.6) is 0 Å². The molecule has 0 radical (unpaired) electrons. The molecule has 0 aromatic rings. The van der Waals surface area contributed by atoms with E-state index < -0.39 is 0 Å². The molecule has 0 aliphatic rings. The number of rotatable bonds is 2. The molecule has 58 valence electrons. The van der Waals surface area contributed by atoms with Crippen molar-refractivity contribution in [2.24, 2.45) is 5.92 Å². The highest BCUT2D eigenvalue weighted by atomic mass is 14.0. The standard InChI is InChI=1S/C10H18/c1-8(2)6-7-10(5)9(3)4/h6-7,9H,1-5H3. The Bertz CT molecular complexity index is 143. The van der Waals surface area contributed by atoms with E-state index in [0.717, 1.165) is 0 Å². The molecule has 0 amide bonds. The van der Waals surface area contributed by atoms with E-state index >= 15 is 0 Å². The lowest BCUT2D eigenvalue weighted by Crippen LogP contribution is -1.86. The molecule has 0 aliphatic heterocycles. The van der Waals surface area contributed by atoms with Crippen LogP contribution in [0.4, 0.5) is 0 Å². The van der Waals surface area contributed by atoms with Crippen LogP contribution in [-0.4, -0.2) is 0 Å². The average molecular weight is 138 g/mol. The minimum Gasteiger partial charge on any atom is -0.0764 e. The van der Waals surface area contributed by atoms with Gasteiger partial charge in [0, 0.05) is 0 Å². The van der Waals surface area contributed by atoms with Gasteiger partial charge < -0.3 is 0 Å². The Kier molecular flexibility index (Phi) is 4.10. The van der Waals surface area contributed by atoms with Gasteiger partial charge in [-0.3, -0.25) is 0 Å². The van der Waals surface area contributed by atoms with Gasteiger partial charge in [-0.1, -0.05) is 37.1 Å². The summed E-state index contributed by atoms with van der Waals surface area (Å²) < 4.78 is 0. The van der Waals surface area contributed by atoms with E-state index in [1.807, 2.05) is 0 Å². The van der Waals surface area contributed by atoms with Gasteiger partial charge in [0.1, 0.15) is 0 Å². The van der Waals surface area contributed by atoms with Crippen LogP contribution in [0.15, 0.2) is 23.3 Å². The van der Waals surface area contributed by atoms with Gasteiger partial charge in [-0.2, -0.15) is 0 Å². The van der Waals surface area contributed by atoms with Gasteiger partial charge in [-0.05, 0) is 26.7 Å². The lowest BCUT2D eigenvalue weighted by atomic mass is 10.0. The van der Waals surface area contributed by atoms with Gasteiger partial charge in [-0.25, -0.2) is 0 Å². The molecule has 0 fully saturated rings. The fourth-order valence-electron chi connectivity index (χ4n) is 0.491. The highest BCUT2D eigenvalue weighted by Crippen LogP contribution is 2.08. The third-order valence-electron chi connectivity index (χ3n) is 1.59. The van der Waals surface area contributed by atoms with Crippen LogP contribution in [0.25, 0.3) is 0 Å². The molecule has 0 heteroatoms. The van der Waals surface area contributed by atoms with Gasteiger partial charge in [0.15, 0.2) is 0 Å². The summed E-state index contributed by atoms with van der Waals surface area (Å²) in [4.78, 5) is 0. The van der Waals surface area contributed by atoms with Crippen molar-refractivity contribution in [1.82, 2.24) is 0 Å². The van der Waals surface area contributed by atoms with Gasteiger partial charge in [0.25, 0.3) is 0 Å². The van der Waals surface area contributed by atoms with Gasteiger partial charge in [0.05, 0.1) is 0 Å². The topological polar surface area (TPSA) is 0 Å². The second-order valence-corrected chi connectivity index (χ2v) is 3.31. The SMILES string of the molecule is CC(C)=CC=C(C)C(C)C. The monoisotopic (exact) mass is 138 g/mol. The molecule has 0 rings (SSSR count). The lowest BCUT2D eigenvalue weighted by Gasteiger charge is -2.01. The zero-order valence-corrected chi connectivity index (χ0v) is 7.73. The summed E-state index contributed by atoms with van der Waals surface area (Å²) in [5, 5.41) is 0.